The first-order valence-electron chi connectivity index (χ1n) is 11.4. The summed E-state index contributed by atoms with van der Waals surface area (Å²) in [6.07, 6.45) is 4.56. The van der Waals surface area contributed by atoms with Crippen molar-refractivity contribution in [3.05, 3.63) is 59.0 Å². The molecule has 0 saturated carbocycles. The molecular weight excluding hydrogens is 507 g/mol. The maximum atomic E-state index is 12.7. The summed E-state index contributed by atoms with van der Waals surface area (Å²) in [5.41, 5.74) is 1.40. The summed E-state index contributed by atoms with van der Waals surface area (Å²) in [5, 5.41) is 4.89. The van der Waals surface area contributed by atoms with Crippen LogP contribution in [0.1, 0.15) is 0 Å². The third-order valence-corrected chi connectivity index (χ3v) is 6.72. The van der Waals surface area contributed by atoms with Gasteiger partial charge in [-0.15, -0.1) is 0 Å². The van der Waals surface area contributed by atoms with E-state index in [1.165, 1.54) is 6.33 Å². The Morgan fingerprint density at radius 3 is 2.86 bits per heavy atom. The van der Waals surface area contributed by atoms with Gasteiger partial charge in [0.05, 0.1) is 48.0 Å². The second-order valence-electron chi connectivity index (χ2n) is 8.35. The first-order valence-corrected chi connectivity index (χ1v) is 12.1. The molecule has 0 radical (unpaired) electrons. The number of aromatic nitrogens is 2. The minimum Gasteiger partial charge on any atom is -0.500 e. The Morgan fingerprint density at radius 1 is 1.19 bits per heavy atom. The highest BCUT2D eigenvalue weighted by Gasteiger charge is 2.30. The molecule has 5 rings (SSSR count). The number of anilines is 2. The number of amides is 1. The van der Waals surface area contributed by atoms with E-state index in [2.05, 4.69) is 15.3 Å². The van der Waals surface area contributed by atoms with Gasteiger partial charge >= 0.3 is 0 Å². The number of halogens is 2. The van der Waals surface area contributed by atoms with Crippen LogP contribution in [0.2, 0.25) is 10.0 Å². The van der Waals surface area contributed by atoms with Crippen molar-refractivity contribution >= 4 is 51.5 Å². The fourth-order valence-corrected chi connectivity index (χ4v) is 4.40. The van der Waals surface area contributed by atoms with Crippen LogP contribution in [0, 0.1) is 5.92 Å². The zero-order valence-corrected chi connectivity index (χ0v) is 21.0. The number of carbonyl (C=O) groups excluding carboxylic acids is 1. The number of ether oxygens (including phenoxy) is 4. The van der Waals surface area contributed by atoms with Gasteiger partial charge in [0, 0.05) is 23.7 Å². The Morgan fingerprint density at radius 2 is 2.08 bits per heavy atom. The highest BCUT2D eigenvalue weighted by atomic mass is 35.5. The third-order valence-electron chi connectivity index (χ3n) is 5.98. The fraction of sp³-hybridized carbons (Fsp3) is 0.320. The molecule has 36 heavy (non-hydrogen) atoms. The summed E-state index contributed by atoms with van der Waals surface area (Å²) >= 11 is 12.2. The van der Waals surface area contributed by atoms with Gasteiger partial charge in [0.25, 0.3) is 0 Å². The van der Waals surface area contributed by atoms with Crippen molar-refractivity contribution in [2.45, 2.75) is 6.10 Å². The molecule has 2 atom stereocenters. The lowest BCUT2D eigenvalue weighted by atomic mass is 10.1. The van der Waals surface area contributed by atoms with Crippen LogP contribution in [0.25, 0.3) is 10.9 Å². The van der Waals surface area contributed by atoms with Crippen molar-refractivity contribution in [1.29, 1.82) is 0 Å². The van der Waals surface area contributed by atoms with Crippen LogP contribution >= 0.6 is 23.2 Å². The quantitative estimate of drug-likeness (QED) is 0.478. The third kappa shape index (κ3) is 5.28. The van der Waals surface area contributed by atoms with Crippen LogP contribution in [0.3, 0.4) is 0 Å². The lowest BCUT2D eigenvalue weighted by Crippen LogP contribution is -2.49. The molecule has 9 nitrogen and oxygen atoms in total. The number of fused-ring (bicyclic) bond motifs is 1. The fourth-order valence-electron chi connectivity index (χ4n) is 4.10. The monoisotopic (exact) mass is 530 g/mol. The second-order valence-corrected chi connectivity index (χ2v) is 9.17. The lowest BCUT2D eigenvalue weighted by molar-refractivity contribution is -0.143. The van der Waals surface area contributed by atoms with E-state index in [-0.39, 0.29) is 24.5 Å². The van der Waals surface area contributed by atoms with Crippen LogP contribution in [-0.2, 0) is 14.3 Å². The van der Waals surface area contributed by atoms with Gasteiger partial charge in [-0.3, -0.25) is 4.79 Å². The molecule has 2 aromatic carbocycles. The molecule has 3 heterocycles. The normalized spacial score (nSPS) is 19.2. The highest BCUT2D eigenvalue weighted by Crippen LogP contribution is 2.35. The smallest absolute Gasteiger partial charge is 0.233 e. The molecular formula is C25H24Cl2N4O5. The summed E-state index contributed by atoms with van der Waals surface area (Å²) in [7, 11) is 1.57. The number of rotatable bonds is 7. The summed E-state index contributed by atoms with van der Waals surface area (Å²) in [6.45, 7) is 2.07. The first-order chi connectivity index (χ1) is 17.5. The van der Waals surface area contributed by atoms with Crippen molar-refractivity contribution < 1.29 is 23.7 Å². The summed E-state index contributed by atoms with van der Waals surface area (Å²) in [5.74, 6) is 1.42. The van der Waals surface area contributed by atoms with E-state index in [0.717, 1.165) is 11.1 Å². The van der Waals surface area contributed by atoms with Gasteiger partial charge in [-0.05, 0) is 30.3 Å². The Kier molecular flexibility index (Phi) is 7.31. The standard InChI is InChI=1S/C25H24Cl2N4O5/c1-33-22-9-18-21(28-14-29-24(18)30-16-2-3-19(26)20(27)8-16)10-23(22)36-13-17-11-31(5-7-35-17)25(32)15-4-6-34-12-15/h2-4,6,8-10,14-15,17H,5,7,11-13H2,1H3,(H,28,29,30). The zero-order chi connectivity index (χ0) is 25.1. The molecule has 11 heteroatoms. The van der Waals surface area contributed by atoms with Crippen molar-refractivity contribution in [1.82, 2.24) is 14.9 Å². The number of benzene rings is 2. The number of hydrogen-bond donors (Lipinski definition) is 1. The van der Waals surface area contributed by atoms with E-state index in [4.69, 9.17) is 42.1 Å². The van der Waals surface area contributed by atoms with Gasteiger partial charge in [-0.1, -0.05) is 23.2 Å². The topological polar surface area (TPSA) is 95.0 Å². The molecule has 0 spiro atoms. The second kappa shape index (κ2) is 10.8. The van der Waals surface area contributed by atoms with Crippen LogP contribution in [-0.4, -0.2) is 66.9 Å². The summed E-state index contributed by atoms with van der Waals surface area (Å²) < 4.78 is 22.7. The Bertz CT molecular complexity index is 1300. The Hall–Kier alpha value is -3.27. The number of methoxy groups -OCH3 is 1. The maximum absolute atomic E-state index is 12.7. The summed E-state index contributed by atoms with van der Waals surface area (Å²) in [6, 6.07) is 8.85. The molecule has 0 bridgehead atoms. The Labute approximate surface area is 217 Å². The molecule has 0 aliphatic carbocycles. The molecule has 2 aliphatic heterocycles. The number of carbonyl (C=O) groups is 1. The number of hydrogen-bond acceptors (Lipinski definition) is 8. The lowest BCUT2D eigenvalue weighted by Gasteiger charge is -2.34. The predicted octanol–water partition coefficient (Wildman–Crippen LogP) is 4.46. The van der Waals surface area contributed by atoms with Gasteiger partial charge in [-0.2, -0.15) is 0 Å². The number of morpholine rings is 1. The van der Waals surface area contributed by atoms with E-state index in [9.17, 15) is 4.79 Å². The van der Waals surface area contributed by atoms with Gasteiger partial charge in [0.1, 0.15) is 31.5 Å². The van der Waals surface area contributed by atoms with E-state index in [0.29, 0.717) is 59.2 Å². The van der Waals surface area contributed by atoms with E-state index in [1.54, 1.807) is 42.5 Å². The molecule has 1 saturated heterocycles. The largest absolute Gasteiger partial charge is 0.500 e. The van der Waals surface area contributed by atoms with E-state index < -0.39 is 0 Å². The minimum atomic E-state index is -0.272. The molecule has 3 aromatic rings. The van der Waals surface area contributed by atoms with Crippen LogP contribution < -0.4 is 14.8 Å². The molecule has 188 valence electrons. The van der Waals surface area contributed by atoms with Gasteiger partial charge < -0.3 is 29.2 Å². The van der Waals surface area contributed by atoms with Crippen molar-refractivity contribution in [2.24, 2.45) is 5.92 Å². The number of nitrogens with zero attached hydrogens (tertiary/aromatic N) is 3. The average Bonchev–Trinajstić information content (AvgIpc) is 3.44. The number of nitrogens with one attached hydrogen (secondary N) is 1. The van der Waals surface area contributed by atoms with Crippen molar-refractivity contribution in [3.63, 3.8) is 0 Å². The molecule has 1 N–H and O–H groups in total. The SMILES string of the molecule is COc1cc2c(Nc3ccc(Cl)c(Cl)c3)ncnc2cc1OCC1CN(C(=O)C2C=COC2)CCO1. The van der Waals surface area contributed by atoms with Gasteiger partial charge in [0.2, 0.25) is 5.91 Å². The van der Waals surface area contributed by atoms with Crippen molar-refractivity contribution in [2.75, 3.05) is 45.3 Å². The molecule has 1 fully saturated rings. The maximum Gasteiger partial charge on any atom is 0.233 e. The van der Waals surface area contributed by atoms with E-state index in [1.807, 2.05) is 12.1 Å². The first kappa shape index (κ1) is 24.4. The van der Waals surface area contributed by atoms with Crippen LogP contribution in [0.15, 0.2) is 49.0 Å². The van der Waals surface area contributed by atoms with Crippen LogP contribution in [0.5, 0.6) is 11.5 Å². The van der Waals surface area contributed by atoms with E-state index >= 15 is 0 Å². The molecule has 1 amide bonds. The van der Waals surface area contributed by atoms with Gasteiger partial charge in [0.15, 0.2) is 11.5 Å². The molecule has 2 unspecified atom stereocenters. The highest BCUT2D eigenvalue weighted by molar-refractivity contribution is 6.42. The predicted molar refractivity (Wildman–Crippen MR) is 136 cm³/mol. The van der Waals surface area contributed by atoms with Crippen molar-refractivity contribution in [3.8, 4) is 11.5 Å². The Balaban J connectivity index is 1.30. The molecule has 1 aromatic heterocycles. The average molecular weight is 531 g/mol. The van der Waals surface area contributed by atoms with Gasteiger partial charge in [-0.25, -0.2) is 9.97 Å². The summed E-state index contributed by atoms with van der Waals surface area (Å²) in [4.78, 5) is 23.3. The zero-order valence-electron chi connectivity index (χ0n) is 19.4. The molecule has 2 aliphatic rings. The van der Waals surface area contributed by atoms with Crippen LogP contribution in [0.4, 0.5) is 11.5 Å². The minimum absolute atomic E-state index is 0.0408.